The Morgan fingerprint density at radius 2 is 1.76 bits per heavy atom. The number of rotatable bonds is 6. The van der Waals surface area contributed by atoms with Gasteiger partial charge in [0.1, 0.15) is 0 Å². The van der Waals surface area contributed by atoms with Crippen LogP contribution < -0.4 is 16.0 Å². The second-order valence-corrected chi connectivity index (χ2v) is 5.65. The van der Waals surface area contributed by atoms with Gasteiger partial charge in [0.25, 0.3) is 0 Å². The SMILES string of the molecule is CC(NC(=O)CNC(=O)NC1CCCCC1)C(C)C(=O)O. The highest BCUT2D eigenvalue weighted by atomic mass is 16.4. The third kappa shape index (κ3) is 6.46. The molecule has 3 amide bonds. The van der Waals surface area contributed by atoms with Crippen molar-refractivity contribution >= 4 is 17.9 Å². The Bertz CT molecular complexity index is 380. The van der Waals surface area contributed by atoms with E-state index in [9.17, 15) is 14.4 Å². The van der Waals surface area contributed by atoms with Gasteiger partial charge in [-0.05, 0) is 26.7 Å². The van der Waals surface area contributed by atoms with Crippen LogP contribution in [0.3, 0.4) is 0 Å². The summed E-state index contributed by atoms with van der Waals surface area (Å²) in [7, 11) is 0. The molecule has 0 spiro atoms. The van der Waals surface area contributed by atoms with Gasteiger partial charge in [-0.2, -0.15) is 0 Å². The molecule has 4 N–H and O–H groups in total. The Balaban J connectivity index is 2.22. The lowest BCUT2D eigenvalue weighted by Crippen LogP contribution is -2.48. The zero-order valence-electron chi connectivity index (χ0n) is 12.6. The first-order chi connectivity index (χ1) is 9.90. The van der Waals surface area contributed by atoms with Crippen LogP contribution >= 0.6 is 0 Å². The smallest absolute Gasteiger partial charge is 0.315 e. The van der Waals surface area contributed by atoms with Crippen LogP contribution in [0.25, 0.3) is 0 Å². The molecule has 2 unspecified atom stereocenters. The number of urea groups is 1. The monoisotopic (exact) mass is 299 g/mol. The lowest BCUT2D eigenvalue weighted by Gasteiger charge is -2.23. The maximum atomic E-state index is 11.6. The maximum Gasteiger partial charge on any atom is 0.315 e. The van der Waals surface area contributed by atoms with E-state index in [1.807, 2.05) is 0 Å². The molecule has 7 nitrogen and oxygen atoms in total. The molecular weight excluding hydrogens is 274 g/mol. The molecule has 0 aromatic carbocycles. The van der Waals surface area contributed by atoms with Crippen molar-refractivity contribution in [3.8, 4) is 0 Å². The number of carboxylic acid groups (broad SMARTS) is 1. The molecule has 0 bridgehead atoms. The summed E-state index contributed by atoms with van der Waals surface area (Å²) in [6, 6.07) is -0.651. The Morgan fingerprint density at radius 1 is 1.14 bits per heavy atom. The zero-order chi connectivity index (χ0) is 15.8. The summed E-state index contributed by atoms with van der Waals surface area (Å²) in [4.78, 5) is 34.1. The molecule has 7 heteroatoms. The average Bonchev–Trinajstić information content (AvgIpc) is 2.45. The largest absolute Gasteiger partial charge is 0.481 e. The minimum absolute atomic E-state index is 0.158. The van der Waals surface area contributed by atoms with Crippen molar-refractivity contribution in [2.24, 2.45) is 5.92 Å². The zero-order valence-corrected chi connectivity index (χ0v) is 12.6. The van der Waals surface area contributed by atoms with Gasteiger partial charge in [-0.1, -0.05) is 19.3 Å². The molecule has 0 aromatic heterocycles. The van der Waals surface area contributed by atoms with Crippen molar-refractivity contribution in [2.45, 2.75) is 58.0 Å². The van der Waals surface area contributed by atoms with Crippen molar-refractivity contribution in [1.29, 1.82) is 0 Å². The first-order valence-electron chi connectivity index (χ1n) is 7.46. The number of nitrogens with one attached hydrogen (secondary N) is 3. The van der Waals surface area contributed by atoms with Crippen LogP contribution in [0.15, 0.2) is 0 Å². The third-order valence-corrected chi connectivity index (χ3v) is 3.88. The van der Waals surface area contributed by atoms with Crippen molar-refractivity contribution in [1.82, 2.24) is 16.0 Å². The molecule has 0 aliphatic heterocycles. The van der Waals surface area contributed by atoms with E-state index in [-0.39, 0.29) is 18.6 Å². The molecule has 0 aromatic rings. The fourth-order valence-electron chi connectivity index (χ4n) is 2.29. The summed E-state index contributed by atoms with van der Waals surface area (Å²) in [6.07, 6.45) is 5.41. The van der Waals surface area contributed by atoms with Gasteiger partial charge >= 0.3 is 12.0 Å². The molecule has 1 saturated carbocycles. The van der Waals surface area contributed by atoms with Gasteiger partial charge in [0, 0.05) is 12.1 Å². The molecule has 1 rings (SSSR count). The fraction of sp³-hybridized carbons (Fsp3) is 0.786. The molecule has 2 atom stereocenters. The molecule has 1 aliphatic carbocycles. The molecule has 120 valence electrons. The van der Waals surface area contributed by atoms with Gasteiger partial charge in [-0.25, -0.2) is 4.79 Å². The van der Waals surface area contributed by atoms with Crippen molar-refractivity contribution < 1.29 is 19.5 Å². The van der Waals surface area contributed by atoms with Crippen LogP contribution in [-0.2, 0) is 9.59 Å². The predicted octanol–water partition coefficient (Wildman–Crippen LogP) is 0.844. The molecular formula is C14H25N3O4. The average molecular weight is 299 g/mol. The van der Waals surface area contributed by atoms with Gasteiger partial charge < -0.3 is 21.1 Å². The van der Waals surface area contributed by atoms with Crippen molar-refractivity contribution in [2.75, 3.05) is 6.54 Å². The van der Waals surface area contributed by atoms with Crippen LogP contribution in [0.4, 0.5) is 4.79 Å². The maximum absolute atomic E-state index is 11.6. The quantitative estimate of drug-likeness (QED) is 0.583. The highest BCUT2D eigenvalue weighted by Crippen LogP contribution is 2.17. The molecule has 0 radical (unpaired) electrons. The number of carbonyl (C=O) groups excluding carboxylic acids is 2. The van der Waals surface area contributed by atoms with E-state index < -0.39 is 23.8 Å². The van der Waals surface area contributed by atoms with Crippen LogP contribution in [0, 0.1) is 5.92 Å². The number of hydrogen-bond acceptors (Lipinski definition) is 3. The minimum atomic E-state index is -0.967. The summed E-state index contributed by atoms with van der Waals surface area (Å²) in [5.41, 5.74) is 0. The Kier molecular flexibility index (Phi) is 6.98. The summed E-state index contributed by atoms with van der Waals surface area (Å²) in [5.74, 6) is -2.04. The van der Waals surface area contributed by atoms with E-state index >= 15 is 0 Å². The third-order valence-electron chi connectivity index (χ3n) is 3.88. The minimum Gasteiger partial charge on any atom is -0.481 e. The van der Waals surface area contributed by atoms with Crippen molar-refractivity contribution in [3.05, 3.63) is 0 Å². The topological polar surface area (TPSA) is 108 Å². The molecule has 1 aliphatic rings. The number of hydrogen-bond donors (Lipinski definition) is 4. The van der Waals surface area contributed by atoms with E-state index in [0.717, 1.165) is 25.7 Å². The lowest BCUT2D eigenvalue weighted by molar-refractivity contribution is -0.142. The predicted molar refractivity (Wildman–Crippen MR) is 77.8 cm³/mol. The lowest BCUT2D eigenvalue weighted by atomic mass is 9.96. The van der Waals surface area contributed by atoms with Gasteiger partial charge in [0.15, 0.2) is 0 Å². The van der Waals surface area contributed by atoms with Gasteiger partial charge in [0.05, 0.1) is 12.5 Å². The standard InChI is InChI=1S/C14H25N3O4/c1-9(13(19)20)10(2)16-12(18)8-15-14(21)17-11-6-4-3-5-7-11/h9-11H,3-8H2,1-2H3,(H,16,18)(H,19,20)(H2,15,17,21). The second-order valence-electron chi connectivity index (χ2n) is 5.65. The van der Waals surface area contributed by atoms with E-state index in [1.165, 1.54) is 13.3 Å². The van der Waals surface area contributed by atoms with Gasteiger partial charge in [-0.15, -0.1) is 0 Å². The first kappa shape index (κ1) is 17.3. The van der Waals surface area contributed by atoms with Crippen molar-refractivity contribution in [3.63, 3.8) is 0 Å². The highest BCUT2D eigenvalue weighted by Gasteiger charge is 2.21. The second kappa shape index (κ2) is 8.49. The summed E-state index contributed by atoms with van der Waals surface area (Å²) in [5, 5.41) is 16.7. The Labute approximate surface area is 124 Å². The van der Waals surface area contributed by atoms with E-state index in [2.05, 4.69) is 16.0 Å². The van der Waals surface area contributed by atoms with Crippen LogP contribution in [0.2, 0.25) is 0 Å². The van der Waals surface area contributed by atoms with Crippen LogP contribution in [0.1, 0.15) is 46.0 Å². The number of carboxylic acids is 1. The first-order valence-corrected chi connectivity index (χ1v) is 7.46. The Hall–Kier alpha value is -1.79. The Morgan fingerprint density at radius 3 is 2.33 bits per heavy atom. The van der Waals surface area contributed by atoms with Crippen LogP contribution in [-0.4, -0.2) is 41.6 Å². The van der Waals surface area contributed by atoms with E-state index in [4.69, 9.17) is 5.11 Å². The number of carbonyl (C=O) groups is 3. The van der Waals surface area contributed by atoms with E-state index in [1.54, 1.807) is 6.92 Å². The highest BCUT2D eigenvalue weighted by molar-refractivity contribution is 5.84. The van der Waals surface area contributed by atoms with Gasteiger partial charge in [0.2, 0.25) is 5.91 Å². The summed E-state index contributed by atoms with van der Waals surface area (Å²) in [6.45, 7) is 2.99. The van der Waals surface area contributed by atoms with Gasteiger partial charge in [-0.3, -0.25) is 9.59 Å². The molecule has 0 saturated heterocycles. The molecule has 21 heavy (non-hydrogen) atoms. The number of aliphatic carboxylic acids is 1. The summed E-state index contributed by atoms with van der Waals surface area (Å²) < 4.78 is 0. The van der Waals surface area contributed by atoms with E-state index in [0.29, 0.717) is 0 Å². The molecule has 0 heterocycles. The normalized spacial score (nSPS) is 18.4. The van der Waals surface area contributed by atoms with Crippen LogP contribution in [0.5, 0.6) is 0 Å². The number of amides is 3. The summed E-state index contributed by atoms with van der Waals surface area (Å²) >= 11 is 0. The fourth-order valence-corrected chi connectivity index (χ4v) is 2.29. The molecule has 1 fully saturated rings.